The number of benzene rings is 1. The molecule has 0 aliphatic carbocycles. The number of carbonyl (C=O) groups excluding carboxylic acids is 2. The van der Waals surface area contributed by atoms with Gasteiger partial charge in [-0.05, 0) is 18.2 Å². The lowest BCUT2D eigenvalue weighted by Crippen LogP contribution is -2.15. The molecule has 1 aromatic heterocycles. The molecule has 2 aromatic rings. The van der Waals surface area contributed by atoms with E-state index in [1.165, 1.54) is 16.8 Å². The zero-order chi connectivity index (χ0) is 15.4. The molecule has 0 spiro atoms. The summed E-state index contributed by atoms with van der Waals surface area (Å²) in [7, 11) is 1.65. The summed E-state index contributed by atoms with van der Waals surface area (Å²) in [5.74, 6) is -2.35. The second kappa shape index (κ2) is 6.04. The summed E-state index contributed by atoms with van der Waals surface area (Å²) in [5, 5.41) is 5.03. The molecule has 1 heterocycles. The average molecular weight is 287 g/mol. The number of nitrogens with zero attached hydrogens (tertiary/aromatic N) is 1. The third kappa shape index (κ3) is 3.56. The largest absolute Gasteiger partial charge is 0.344 e. The van der Waals surface area contributed by atoms with Gasteiger partial charge in [-0.3, -0.25) is 9.59 Å². The van der Waals surface area contributed by atoms with Crippen LogP contribution in [0, 0.1) is 0 Å². The maximum absolute atomic E-state index is 12.6. The van der Waals surface area contributed by atoms with Crippen LogP contribution in [0.5, 0.6) is 0 Å². The molecule has 0 atom stereocenters. The van der Waals surface area contributed by atoms with Crippen LogP contribution in [0.3, 0.4) is 0 Å². The summed E-state index contributed by atoms with van der Waals surface area (Å²) >= 11 is 0. The van der Waals surface area contributed by atoms with Gasteiger partial charge in [-0.2, -0.15) is 0 Å². The van der Waals surface area contributed by atoms with Crippen molar-refractivity contribution in [1.82, 2.24) is 4.57 Å². The fraction of sp³-hybridized carbons (Fsp3) is 0.0667. The van der Waals surface area contributed by atoms with E-state index in [4.69, 9.17) is 0 Å². The minimum Gasteiger partial charge on any atom is -0.344 e. The topological polar surface area (TPSA) is 63.1 Å². The van der Waals surface area contributed by atoms with E-state index in [0.717, 1.165) is 0 Å². The van der Waals surface area contributed by atoms with Gasteiger partial charge in [-0.1, -0.05) is 24.8 Å². The highest BCUT2D eigenvalue weighted by Gasteiger charge is 2.14. The molecule has 0 saturated heterocycles. The van der Waals surface area contributed by atoms with Crippen LogP contribution in [-0.4, -0.2) is 16.4 Å². The first-order chi connectivity index (χ1) is 9.97. The normalized spacial score (nSPS) is 10.0. The number of aromatic nitrogens is 1. The molecule has 0 radical (unpaired) electrons. The van der Waals surface area contributed by atoms with Crippen molar-refractivity contribution in [3.63, 3.8) is 0 Å². The van der Waals surface area contributed by atoms with Crippen molar-refractivity contribution in [3.8, 4) is 0 Å². The molecule has 2 amide bonds. The lowest BCUT2D eigenvalue weighted by atomic mass is 10.3. The Kier molecular flexibility index (Phi) is 4.18. The number of aryl methyl sites for hydroxylation is 1. The molecule has 5 nitrogen and oxygen atoms in total. The zero-order valence-corrected chi connectivity index (χ0v) is 11.4. The molecule has 6 heteroatoms. The zero-order valence-electron chi connectivity index (χ0n) is 11.4. The maximum Gasteiger partial charge on any atom is 0.283 e. The quantitative estimate of drug-likeness (QED) is 0.849. The monoisotopic (exact) mass is 287 g/mol. The third-order valence-electron chi connectivity index (χ3n) is 2.77. The maximum atomic E-state index is 12.6. The molecule has 0 bridgehead atoms. The highest BCUT2D eigenvalue weighted by atomic mass is 19.1. The van der Waals surface area contributed by atoms with E-state index in [2.05, 4.69) is 17.2 Å². The molecule has 21 heavy (non-hydrogen) atoms. The number of hydrogen-bond acceptors (Lipinski definition) is 2. The summed E-state index contributed by atoms with van der Waals surface area (Å²) in [6, 6.07) is 10.4. The fourth-order valence-electron chi connectivity index (χ4n) is 1.77. The minimum atomic E-state index is -1.09. The highest BCUT2D eigenvalue weighted by molar-refractivity contribution is 6.06. The smallest absolute Gasteiger partial charge is 0.283 e. The number of hydrogen-bond donors (Lipinski definition) is 2. The van der Waals surface area contributed by atoms with Crippen molar-refractivity contribution in [2.45, 2.75) is 0 Å². The first-order valence-electron chi connectivity index (χ1n) is 6.16. The molecule has 0 saturated carbocycles. The van der Waals surface area contributed by atoms with Crippen LogP contribution in [0.15, 0.2) is 55.0 Å². The summed E-state index contributed by atoms with van der Waals surface area (Å²) in [4.78, 5) is 23.3. The van der Waals surface area contributed by atoms with E-state index >= 15 is 0 Å². The van der Waals surface area contributed by atoms with Crippen molar-refractivity contribution in [3.05, 3.63) is 60.7 Å². The van der Waals surface area contributed by atoms with E-state index < -0.39 is 11.7 Å². The lowest BCUT2D eigenvalue weighted by molar-refractivity contribution is -0.114. The SMILES string of the molecule is C=C(F)C(=O)Nc1cc(C(=O)Nc2ccccc2)n(C)c1. The van der Waals surface area contributed by atoms with E-state index in [9.17, 15) is 14.0 Å². The Balaban J connectivity index is 2.13. The van der Waals surface area contributed by atoms with Crippen LogP contribution >= 0.6 is 0 Å². The van der Waals surface area contributed by atoms with Crippen molar-refractivity contribution in [1.29, 1.82) is 0 Å². The lowest BCUT2D eigenvalue weighted by Gasteiger charge is -2.05. The standard InChI is InChI=1S/C15H14FN3O2/c1-10(16)14(20)18-12-8-13(19(2)9-12)15(21)17-11-6-4-3-5-7-11/h3-9H,1H2,2H3,(H,17,21)(H,18,20). The van der Waals surface area contributed by atoms with Crippen LogP contribution in [0.1, 0.15) is 10.5 Å². The van der Waals surface area contributed by atoms with Crippen molar-refractivity contribution in [2.75, 3.05) is 10.6 Å². The average Bonchev–Trinajstić information content (AvgIpc) is 2.80. The first-order valence-corrected chi connectivity index (χ1v) is 6.16. The van der Waals surface area contributed by atoms with Crippen molar-refractivity contribution >= 4 is 23.2 Å². The summed E-state index contributed by atoms with van der Waals surface area (Å²) in [6.07, 6.45) is 1.51. The van der Waals surface area contributed by atoms with E-state index in [1.807, 2.05) is 6.07 Å². The Labute approximate surface area is 121 Å². The molecule has 2 rings (SSSR count). The van der Waals surface area contributed by atoms with Crippen LogP contribution in [0.25, 0.3) is 0 Å². The number of anilines is 2. The number of halogens is 1. The summed E-state index contributed by atoms with van der Waals surface area (Å²) < 4.78 is 14.2. The van der Waals surface area contributed by atoms with Gasteiger partial charge in [0.05, 0.1) is 5.69 Å². The Morgan fingerprint density at radius 1 is 1.14 bits per heavy atom. The molecule has 0 aliphatic heterocycles. The van der Waals surface area contributed by atoms with Gasteiger partial charge in [-0.25, -0.2) is 4.39 Å². The van der Waals surface area contributed by atoms with Gasteiger partial charge in [0.15, 0.2) is 5.83 Å². The Bertz CT molecular complexity index is 692. The van der Waals surface area contributed by atoms with Crippen LogP contribution in [-0.2, 0) is 11.8 Å². The predicted octanol–water partition coefficient (Wildman–Crippen LogP) is 2.70. The van der Waals surface area contributed by atoms with Gasteiger partial charge >= 0.3 is 0 Å². The molecule has 0 aliphatic rings. The minimum absolute atomic E-state index is 0.319. The number of nitrogens with one attached hydrogen (secondary N) is 2. The van der Waals surface area contributed by atoms with Crippen molar-refractivity contribution in [2.24, 2.45) is 7.05 Å². The molecule has 0 unspecified atom stereocenters. The Morgan fingerprint density at radius 2 is 1.81 bits per heavy atom. The van der Waals surface area contributed by atoms with Gasteiger partial charge < -0.3 is 15.2 Å². The summed E-state index contributed by atoms with van der Waals surface area (Å²) in [5.41, 5.74) is 1.31. The molecule has 108 valence electrons. The van der Waals surface area contributed by atoms with E-state index in [-0.39, 0.29) is 5.91 Å². The number of para-hydroxylation sites is 1. The van der Waals surface area contributed by atoms with Gasteiger partial charge in [0.25, 0.3) is 11.8 Å². The molecule has 1 aromatic carbocycles. The van der Waals surface area contributed by atoms with Crippen LogP contribution in [0.4, 0.5) is 15.8 Å². The highest BCUT2D eigenvalue weighted by Crippen LogP contribution is 2.16. The van der Waals surface area contributed by atoms with Gasteiger partial charge in [0.1, 0.15) is 5.69 Å². The predicted molar refractivity (Wildman–Crippen MR) is 78.7 cm³/mol. The molecular formula is C15H14FN3O2. The number of carbonyl (C=O) groups is 2. The third-order valence-corrected chi connectivity index (χ3v) is 2.77. The Morgan fingerprint density at radius 3 is 2.43 bits per heavy atom. The second-order valence-electron chi connectivity index (χ2n) is 4.40. The summed E-state index contributed by atoms with van der Waals surface area (Å²) in [6.45, 7) is 2.91. The first kappa shape index (κ1) is 14.5. The number of amides is 2. The molecule has 2 N–H and O–H groups in total. The van der Waals surface area contributed by atoms with E-state index in [0.29, 0.717) is 17.1 Å². The van der Waals surface area contributed by atoms with E-state index in [1.54, 1.807) is 31.3 Å². The van der Waals surface area contributed by atoms with Crippen molar-refractivity contribution < 1.29 is 14.0 Å². The van der Waals surface area contributed by atoms with Crippen LogP contribution < -0.4 is 10.6 Å². The molecular weight excluding hydrogens is 273 g/mol. The molecule has 0 fully saturated rings. The van der Waals surface area contributed by atoms with Crippen LogP contribution in [0.2, 0.25) is 0 Å². The fourth-order valence-corrected chi connectivity index (χ4v) is 1.77. The van der Waals surface area contributed by atoms with Gasteiger partial charge in [-0.15, -0.1) is 0 Å². The van der Waals surface area contributed by atoms with Gasteiger partial charge in [0.2, 0.25) is 0 Å². The van der Waals surface area contributed by atoms with Gasteiger partial charge in [0, 0.05) is 18.9 Å². The number of rotatable bonds is 4. The Hall–Kier alpha value is -2.89. The second-order valence-corrected chi connectivity index (χ2v) is 4.40.